The number of benzene rings is 2. The van der Waals surface area contributed by atoms with Crippen LogP contribution in [0.1, 0.15) is 36.7 Å². The minimum atomic E-state index is -4.31. The Morgan fingerprint density at radius 2 is 1.62 bits per heavy atom. The molecular formula is C24H29NO8S. The molecule has 1 aliphatic heterocycles. The minimum absolute atomic E-state index is 0.126. The zero-order chi connectivity index (χ0) is 24.9. The lowest BCUT2D eigenvalue weighted by molar-refractivity contribution is -0.0649. The first-order chi connectivity index (χ1) is 16.0. The molecule has 1 saturated heterocycles. The Kier molecular flexibility index (Phi) is 7.96. The van der Waals surface area contributed by atoms with Gasteiger partial charge >= 0.3 is 12.1 Å². The van der Waals surface area contributed by atoms with Crippen molar-refractivity contribution in [2.24, 2.45) is 0 Å². The molecule has 0 radical (unpaired) electrons. The van der Waals surface area contributed by atoms with Gasteiger partial charge in [-0.15, -0.1) is 0 Å². The van der Waals surface area contributed by atoms with Crippen LogP contribution >= 0.6 is 0 Å². The van der Waals surface area contributed by atoms with Crippen LogP contribution in [0, 0.1) is 0 Å². The number of hydrogen-bond donors (Lipinski definition) is 1. The van der Waals surface area contributed by atoms with Crippen molar-refractivity contribution in [3.8, 4) is 0 Å². The number of amides is 1. The Morgan fingerprint density at radius 3 is 2.21 bits per heavy atom. The summed E-state index contributed by atoms with van der Waals surface area (Å²) in [6.07, 6.45) is -4.06. The third-order valence-corrected chi connectivity index (χ3v) is 6.76. The van der Waals surface area contributed by atoms with Gasteiger partial charge in [0, 0.05) is 0 Å². The van der Waals surface area contributed by atoms with Gasteiger partial charge in [0.1, 0.15) is 29.6 Å². The number of esters is 1. The number of hydrogen-bond acceptors (Lipinski definition) is 8. The van der Waals surface area contributed by atoms with Gasteiger partial charge in [-0.2, -0.15) is 4.31 Å². The fourth-order valence-corrected chi connectivity index (χ4v) is 5.16. The Hall–Kier alpha value is -2.95. The maximum atomic E-state index is 13.1. The maximum absolute atomic E-state index is 13.1. The summed E-state index contributed by atoms with van der Waals surface area (Å²) in [4.78, 5) is 25.3. The molecule has 3 atom stereocenters. The van der Waals surface area contributed by atoms with E-state index >= 15 is 0 Å². The van der Waals surface area contributed by atoms with E-state index < -0.39 is 51.7 Å². The molecule has 1 fully saturated rings. The summed E-state index contributed by atoms with van der Waals surface area (Å²) in [6.45, 7) is 4.60. The molecule has 2 aromatic rings. The summed E-state index contributed by atoms with van der Waals surface area (Å²) in [7, 11) is -4.31. The van der Waals surface area contributed by atoms with E-state index in [4.69, 9.17) is 14.2 Å². The van der Waals surface area contributed by atoms with Crippen LogP contribution in [0.3, 0.4) is 0 Å². The van der Waals surface area contributed by atoms with Crippen molar-refractivity contribution >= 4 is 22.1 Å². The second-order valence-corrected chi connectivity index (χ2v) is 10.8. The SMILES string of the molecule is CC(C)(C)OC(=O)N1[C@@H](COCc2ccccc2)[C@H](O)[C@H](OC(=O)c2ccccc2)CS1(=O)=O. The van der Waals surface area contributed by atoms with Crippen LogP contribution in [0.25, 0.3) is 0 Å². The first-order valence-electron chi connectivity index (χ1n) is 10.8. The molecule has 0 unspecified atom stereocenters. The maximum Gasteiger partial charge on any atom is 0.424 e. The Balaban J connectivity index is 1.83. The van der Waals surface area contributed by atoms with Crippen molar-refractivity contribution in [1.29, 1.82) is 0 Å². The Labute approximate surface area is 199 Å². The van der Waals surface area contributed by atoms with E-state index in [1.165, 1.54) is 12.1 Å². The van der Waals surface area contributed by atoms with Crippen molar-refractivity contribution in [3.63, 3.8) is 0 Å². The summed E-state index contributed by atoms with van der Waals surface area (Å²) >= 11 is 0. The molecule has 0 bridgehead atoms. The van der Waals surface area contributed by atoms with Crippen LogP contribution < -0.4 is 0 Å². The lowest BCUT2D eigenvalue weighted by Crippen LogP contribution is -2.63. The predicted molar refractivity (Wildman–Crippen MR) is 123 cm³/mol. The van der Waals surface area contributed by atoms with E-state index in [0.717, 1.165) is 5.56 Å². The molecule has 0 aliphatic carbocycles. The van der Waals surface area contributed by atoms with Gasteiger partial charge in [0.2, 0.25) is 10.0 Å². The van der Waals surface area contributed by atoms with E-state index in [1.54, 1.807) is 39.0 Å². The lowest BCUT2D eigenvalue weighted by atomic mass is 10.1. The minimum Gasteiger partial charge on any atom is -0.455 e. The van der Waals surface area contributed by atoms with Crippen molar-refractivity contribution in [1.82, 2.24) is 4.31 Å². The summed E-state index contributed by atoms with van der Waals surface area (Å²) in [6, 6.07) is 15.8. The molecule has 1 amide bonds. The molecule has 10 heteroatoms. The quantitative estimate of drug-likeness (QED) is 0.613. The number of sulfonamides is 1. The van der Waals surface area contributed by atoms with Crippen LogP contribution in [-0.4, -0.2) is 66.1 Å². The average Bonchev–Trinajstić information content (AvgIpc) is 2.76. The van der Waals surface area contributed by atoms with Crippen LogP contribution in [-0.2, 0) is 30.8 Å². The fourth-order valence-electron chi connectivity index (χ4n) is 3.46. The van der Waals surface area contributed by atoms with E-state index in [0.29, 0.717) is 4.31 Å². The molecule has 2 aromatic carbocycles. The van der Waals surface area contributed by atoms with Crippen LogP contribution in [0.5, 0.6) is 0 Å². The smallest absolute Gasteiger partial charge is 0.424 e. The monoisotopic (exact) mass is 491 g/mol. The number of aliphatic hydroxyl groups excluding tert-OH is 1. The first kappa shape index (κ1) is 25.7. The van der Waals surface area contributed by atoms with Crippen LogP contribution in [0.4, 0.5) is 4.79 Å². The van der Waals surface area contributed by atoms with Gasteiger partial charge in [-0.3, -0.25) is 0 Å². The number of aliphatic hydroxyl groups is 1. The van der Waals surface area contributed by atoms with Crippen molar-refractivity contribution in [3.05, 3.63) is 71.8 Å². The third-order valence-electron chi connectivity index (χ3n) is 4.99. The van der Waals surface area contributed by atoms with Crippen molar-refractivity contribution < 1.29 is 37.3 Å². The first-order valence-corrected chi connectivity index (χ1v) is 12.4. The predicted octanol–water partition coefficient (Wildman–Crippen LogP) is 2.74. The molecule has 1 N–H and O–H groups in total. The number of rotatable bonds is 6. The highest BCUT2D eigenvalue weighted by Gasteiger charge is 2.51. The summed E-state index contributed by atoms with van der Waals surface area (Å²) in [5.74, 6) is -1.56. The van der Waals surface area contributed by atoms with Gasteiger partial charge in [-0.25, -0.2) is 18.0 Å². The molecule has 0 saturated carbocycles. The van der Waals surface area contributed by atoms with Gasteiger partial charge in [0.25, 0.3) is 0 Å². The van der Waals surface area contributed by atoms with Gasteiger partial charge in [-0.1, -0.05) is 48.5 Å². The number of carbonyl (C=O) groups excluding carboxylic acids is 2. The standard InChI is InChI=1S/C24H29NO8S/c1-24(2,3)33-23(28)25-19(15-31-14-17-10-6-4-7-11-17)21(26)20(16-34(25,29)30)32-22(27)18-12-8-5-9-13-18/h4-13,19-21,26H,14-16H2,1-3H3/t19-,20+,21-/m0/s1. The van der Waals surface area contributed by atoms with E-state index in [2.05, 4.69) is 0 Å². The van der Waals surface area contributed by atoms with Crippen molar-refractivity contribution in [2.75, 3.05) is 12.4 Å². The molecule has 1 heterocycles. The van der Waals surface area contributed by atoms with Gasteiger partial charge in [0.15, 0.2) is 0 Å². The average molecular weight is 492 g/mol. The second kappa shape index (κ2) is 10.5. The highest BCUT2D eigenvalue weighted by Crippen LogP contribution is 2.27. The number of nitrogens with zero attached hydrogens (tertiary/aromatic N) is 1. The molecule has 0 aromatic heterocycles. The van der Waals surface area contributed by atoms with E-state index in [-0.39, 0.29) is 18.8 Å². The fraction of sp³-hybridized carbons (Fsp3) is 0.417. The summed E-state index contributed by atoms with van der Waals surface area (Å²) in [5.41, 5.74) is 0.0639. The number of ether oxygens (including phenoxy) is 3. The number of carbonyl (C=O) groups is 2. The Morgan fingerprint density at radius 1 is 1.03 bits per heavy atom. The lowest BCUT2D eigenvalue weighted by Gasteiger charge is -2.41. The molecule has 3 rings (SSSR count). The summed E-state index contributed by atoms with van der Waals surface area (Å²) in [5, 5.41) is 11.0. The largest absolute Gasteiger partial charge is 0.455 e. The zero-order valence-corrected chi connectivity index (χ0v) is 20.1. The zero-order valence-electron chi connectivity index (χ0n) is 19.3. The second-order valence-electron chi connectivity index (χ2n) is 8.92. The molecule has 34 heavy (non-hydrogen) atoms. The third kappa shape index (κ3) is 6.55. The van der Waals surface area contributed by atoms with Crippen LogP contribution in [0.2, 0.25) is 0 Å². The van der Waals surface area contributed by atoms with Gasteiger partial charge in [0.05, 0.1) is 18.8 Å². The summed E-state index contributed by atoms with van der Waals surface area (Å²) < 4.78 is 43.0. The van der Waals surface area contributed by atoms with Crippen LogP contribution in [0.15, 0.2) is 60.7 Å². The topological polar surface area (TPSA) is 119 Å². The normalized spacial score (nSPS) is 22.1. The molecule has 184 valence electrons. The van der Waals surface area contributed by atoms with E-state index in [1.807, 2.05) is 30.3 Å². The molecule has 9 nitrogen and oxygen atoms in total. The molecular weight excluding hydrogens is 462 g/mol. The van der Waals surface area contributed by atoms with Gasteiger partial charge < -0.3 is 19.3 Å². The van der Waals surface area contributed by atoms with Crippen molar-refractivity contribution in [2.45, 2.75) is 51.2 Å². The molecule has 1 aliphatic rings. The van der Waals surface area contributed by atoms with E-state index in [9.17, 15) is 23.1 Å². The highest BCUT2D eigenvalue weighted by atomic mass is 32.2. The molecule has 0 spiro atoms. The highest BCUT2D eigenvalue weighted by molar-refractivity contribution is 7.89. The Bertz CT molecular complexity index is 1080. The van der Waals surface area contributed by atoms with Gasteiger partial charge in [-0.05, 0) is 38.5 Å².